The van der Waals surface area contributed by atoms with Gasteiger partial charge in [-0.15, -0.1) is 0 Å². The summed E-state index contributed by atoms with van der Waals surface area (Å²) < 4.78 is 0.915. The molecule has 0 aliphatic carbocycles. The van der Waals surface area contributed by atoms with Crippen molar-refractivity contribution in [2.75, 3.05) is 0 Å². The van der Waals surface area contributed by atoms with E-state index in [0.29, 0.717) is 11.0 Å². The van der Waals surface area contributed by atoms with Crippen LogP contribution in [0.15, 0.2) is 40.9 Å². The Labute approximate surface area is 131 Å². The van der Waals surface area contributed by atoms with Gasteiger partial charge in [0.15, 0.2) is 5.82 Å². The van der Waals surface area contributed by atoms with E-state index in [1.165, 1.54) is 5.56 Å². The van der Waals surface area contributed by atoms with Crippen LogP contribution in [0.5, 0.6) is 0 Å². The van der Waals surface area contributed by atoms with Gasteiger partial charge in [-0.3, -0.25) is 0 Å². The van der Waals surface area contributed by atoms with E-state index < -0.39 is 0 Å². The molecule has 0 N–H and O–H groups in total. The number of benzene rings is 2. The van der Waals surface area contributed by atoms with Gasteiger partial charge in [0.2, 0.25) is 0 Å². The van der Waals surface area contributed by atoms with Crippen molar-refractivity contribution in [1.82, 2.24) is 9.97 Å². The Hall–Kier alpha value is -1.45. The van der Waals surface area contributed by atoms with Crippen LogP contribution in [0.3, 0.4) is 0 Å². The summed E-state index contributed by atoms with van der Waals surface area (Å²) in [5.41, 5.74) is 4.15. The summed E-state index contributed by atoms with van der Waals surface area (Å²) in [6.07, 6.45) is 0. The summed E-state index contributed by atoms with van der Waals surface area (Å²) in [6.45, 7) is 4.08. The summed E-state index contributed by atoms with van der Waals surface area (Å²) in [7, 11) is 0. The Balaban J connectivity index is 2.29. The minimum atomic E-state index is 0.473. The van der Waals surface area contributed by atoms with Crippen molar-refractivity contribution in [3.8, 4) is 11.4 Å². The van der Waals surface area contributed by atoms with Crippen LogP contribution in [0.25, 0.3) is 22.3 Å². The highest BCUT2D eigenvalue weighted by Crippen LogP contribution is 2.32. The number of aryl methyl sites for hydroxylation is 2. The Kier molecular flexibility index (Phi) is 3.48. The molecule has 0 spiro atoms. The smallest absolute Gasteiger partial charge is 0.161 e. The van der Waals surface area contributed by atoms with Gasteiger partial charge in [-0.05, 0) is 41.4 Å². The molecule has 3 aromatic rings. The third kappa shape index (κ3) is 2.32. The molecule has 3 rings (SSSR count). The van der Waals surface area contributed by atoms with E-state index in [0.717, 1.165) is 26.5 Å². The van der Waals surface area contributed by atoms with Crippen molar-refractivity contribution >= 4 is 38.4 Å². The van der Waals surface area contributed by atoms with Gasteiger partial charge >= 0.3 is 0 Å². The molecular weight excluding hydrogens is 336 g/mol. The van der Waals surface area contributed by atoms with E-state index in [-0.39, 0.29) is 0 Å². The fraction of sp³-hybridized carbons (Fsp3) is 0.125. The van der Waals surface area contributed by atoms with Crippen molar-refractivity contribution in [3.05, 3.63) is 57.2 Å². The zero-order chi connectivity index (χ0) is 14.3. The zero-order valence-corrected chi connectivity index (χ0v) is 13.5. The quantitative estimate of drug-likeness (QED) is 0.556. The van der Waals surface area contributed by atoms with Crippen molar-refractivity contribution < 1.29 is 0 Å². The fourth-order valence-electron chi connectivity index (χ4n) is 2.12. The molecule has 0 unspecified atom stereocenters. The minimum Gasteiger partial charge on any atom is -0.228 e. The monoisotopic (exact) mass is 346 g/mol. The maximum Gasteiger partial charge on any atom is 0.161 e. The average Bonchev–Trinajstić information content (AvgIpc) is 2.43. The predicted octanol–water partition coefficient (Wildman–Crippen LogP) is 5.33. The van der Waals surface area contributed by atoms with Gasteiger partial charge in [0.25, 0.3) is 0 Å². The molecule has 0 saturated heterocycles. The number of rotatable bonds is 1. The Morgan fingerprint density at radius 2 is 1.65 bits per heavy atom. The largest absolute Gasteiger partial charge is 0.228 e. The van der Waals surface area contributed by atoms with Crippen molar-refractivity contribution in [1.29, 1.82) is 0 Å². The third-order valence-corrected chi connectivity index (χ3v) is 4.20. The Bertz CT molecular complexity index is 798. The molecule has 0 amide bonds. The first-order valence-electron chi connectivity index (χ1n) is 6.25. The average molecular weight is 348 g/mol. The van der Waals surface area contributed by atoms with Gasteiger partial charge in [0.05, 0.1) is 10.9 Å². The van der Waals surface area contributed by atoms with Crippen LogP contribution in [0.1, 0.15) is 11.1 Å². The maximum atomic E-state index is 6.34. The lowest BCUT2D eigenvalue weighted by atomic mass is 10.1. The number of nitrogens with zero attached hydrogens (tertiary/aromatic N) is 2. The van der Waals surface area contributed by atoms with Crippen LogP contribution >= 0.6 is 27.5 Å². The molecule has 20 heavy (non-hydrogen) atoms. The standard InChI is InChI=1S/C16H12BrClN2/c1-9-3-6-11(7-4-9)16-19-14-10(2)5-8-12(17)13(14)15(18)20-16/h3-8H,1-2H3. The number of aromatic nitrogens is 2. The second kappa shape index (κ2) is 5.15. The van der Waals surface area contributed by atoms with E-state index in [1.54, 1.807) is 0 Å². The lowest BCUT2D eigenvalue weighted by Crippen LogP contribution is -1.94. The number of hydrogen-bond acceptors (Lipinski definition) is 2. The molecule has 1 heterocycles. The molecule has 0 aliphatic heterocycles. The maximum absolute atomic E-state index is 6.34. The lowest BCUT2D eigenvalue weighted by molar-refractivity contribution is 1.21. The molecular formula is C16H12BrClN2. The van der Waals surface area contributed by atoms with Crippen molar-refractivity contribution in [2.45, 2.75) is 13.8 Å². The predicted molar refractivity (Wildman–Crippen MR) is 87.2 cm³/mol. The topological polar surface area (TPSA) is 25.8 Å². The van der Waals surface area contributed by atoms with Gasteiger partial charge in [-0.2, -0.15) is 0 Å². The normalized spacial score (nSPS) is 11.0. The molecule has 0 radical (unpaired) electrons. The number of halogens is 2. The van der Waals surface area contributed by atoms with Crippen LogP contribution in [-0.2, 0) is 0 Å². The van der Waals surface area contributed by atoms with Crippen LogP contribution in [0, 0.1) is 13.8 Å². The SMILES string of the molecule is Cc1ccc(-c2nc(Cl)c3c(Br)ccc(C)c3n2)cc1. The van der Waals surface area contributed by atoms with E-state index >= 15 is 0 Å². The minimum absolute atomic E-state index is 0.473. The number of hydrogen-bond donors (Lipinski definition) is 0. The molecule has 4 heteroatoms. The van der Waals surface area contributed by atoms with Crippen LogP contribution in [0.2, 0.25) is 5.15 Å². The van der Waals surface area contributed by atoms with Gasteiger partial charge in [0, 0.05) is 10.0 Å². The summed E-state index contributed by atoms with van der Waals surface area (Å²) in [6, 6.07) is 12.1. The van der Waals surface area contributed by atoms with Crippen LogP contribution in [0.4, 0.5) is 0 Å². The zero-order valence-electron chi connectivity index (χ0n) is 11.1. The Morgan fingerprint density at radius 3 is 2.35 bits per heavy atom. The van der Waals surface area contributed by atoms with Gasteiger partial charge in [-0.1, -0.05) is 47.5 Å². The fourth-order valence-corrected chi connectivity index (χ4v) is 3.02. The Morgan fingerprint density at radius 1 is 0.950 bits per heavy atom. The molecule has 0 fully saturated rings. The first-order chi connectivity index (χ1) is 9.56. The van der Waals surface area contributed by atoms with E-state index in [1.807, 2.05) is 43.3 Å². The van der Waals surface area contributed by atoms with E-state index in [4.69, 9.17) is 11.6 Å². The van der Waals surface area contributed by atoms with Gasteiger partial charge in [-0.25, -0.2) is 9.97 Å². The number of fused-ring (bicyclic) bond motifs is 1. The van der Waals surface area contributed by atoms with Crippen molar-refractivity contribution in [3.63, 3.8) is 0 Å². The van der Waals surface area contributed by atoms with Gasteiger partial charge < -0.3 is 0 Å². The second-order valence-corrected chi connectivity index (χ2v) is 6.00. The summed E-state index contributed by atoms with van der Waals surface area (Å²) in [4.78, 5) is 9.10. The summed E-state index contributed by atoms with van der Waals surface area (Å²) in [5.74, 6) is 0.656. The molecule has 2 aromatic carbocycles. The van der Waals surface area contributed by atoms with Crippen LogP contribution in [-0.4, -0.2) is 9.97 Å². The second-order valence-electron chi connectivity index (χ2n) is 4.79. The van der Waals surface area contributed by atoms with E-state index in [2.05, 4.69) is 32.8 Å². The van der Waals surface area contributed by atoms with Gasteiger partial charge in [0.1, 0.15) is 5.15 Å². The molecule has 0 bridgehead atoms. The molecule has 100 valence electrons. The molecule has 0 aliphatic rings. The molecule has 0 saturated carbocycles. The van der Waals surface area contributed by atoms with Crippen molar-refractivity contribution in [2.24, 2.45) is 0 Å². The first kappa shape index (κ1) is 13.5. The van der Waals surface area contributed by atoms with E-state index in [9.17, 15) is 0 Å². The highest BCUT2D eigenvalue weighted by molar-refractivity contribution is 9.10. The summed E-state index contributed by atoms with van der Waals surface area (Å²) >= 11 is 9.85. The first-order valence-corrected chi connectivity index (χ1v) is 7.43. The highest BCUT2D eigenvalue weighted by Gasteiger charge is 2.12. The lowest BCUT2D eigenvalue weighted by Gasteiger charge is -2.08. The molecule has 0 atom stereocenters. The third-order valence-electron chi connectivity index (χ3n) is 3.27. The summed E-state index contributed by atoms with van der Waals surface area (Å²) in [5, 5.41) is 1.34. The molecule has 1 aromatic heterocycles. The molecule has 2 nitrogen and oxygen atoms in total. The highest BCUT2D eigenvalue weighted by atomic mass is 79.9. The van der Waals surface area contributed by atoms with Crippen LogP contribution < -0.4 is 0 Å².